The first-order chi connectivity index (χ1) is 12.9. The predicted octanol–water partition coefficient (Wildman–Crippen LogP) is 5.33. The Hall–Kier alpha value is -2.29. The molecular formula is C24H33NO2. The highest BCUT2D eigenvalue weighted by atomic mass is 16.5. The molecule has 2 rings (SSSR count). The summed E-state index contributed by atoms with van der Waals surface area (Å²) in [5, 5.41) is 3.02. The van der Waals surface area contributed by atoms with Gasteiger partial charge in [0.25, 0.3) is 5.91 Å². The van der Waals surface area contributed by atoms with Gasteiger partial charge in [-0.05, 0) is 61.8 Å². The second-order valence-electron chi connectivity index (χ2n) is 7.57. The van der Waals surface area contributed by atoms with Crippen LogP contribution in [0.25, 0.3) is 0 Å². The molecule has 0 aliphatic carbocycles. The summed E-state index contributed by atoms with van der Waals surface area (Å²) >= 11 is 0. The van der Waals surface area contributed by atoms with Crippen LogP contribution >= 0.6 is 0 Å². The van der Waals surface area contributed by atoms with Crippen molar-refractivity contribution in [2.45, 2.75) is 65.9 Å². The lowest BCUT2D eigenvalue weighted by Gasteiger charge is -2.19. The second kappa shape index (κ2) is 10.1. The average molecular weight is 368 g/mol. The van der Waals surface area contributed by atoms with Crippen molar-refractivity contribution >= 4 is 5.91 Å². The highest BCUT2D eigenvalue weighted by Gasteiger charge is 2.18. The maximum atomic E-state index is 12.5. The van der Waals surface area contributed by atoms with Crippen molar-refractivity contribution in [1.82, 2.24) is 5.32 Å². The van der Waals surface area contributed by atoms with Crippen molar-refractivity contribution in [2.75, 3.05) is 6.54 Å². The van der Waals surface area contributed by atoms with E-state index in [4.69, 9.17) is 4.74 Å². The summed E-state index contributed by atoms with van der Waals surface area (Å²) in [6.45, 7) is 11.1. The highest BCUT2D eigenvalue weighted by Crippen LogP contribution is 2.21. The third kappa shape index (κ3) is 6.42. The Morgan fingerprint density at radius 2 is 1.78 bits per heavy atom. The first-order valence-corrected chi connectivity index (χ1v) is 10.0. The number of amides is 1. The average Bonchev–Trinajstić information content (AvgIpc) is 2.65. The summed E-state index contributed by atoms with van der Waals surface area (Å²) in [7, 11) is 0. The molecule has 0 unspecified atom stereocenters. The van der Waals surface area contributed by atoms with Crippen LogP contribution in [0.4, 0.5) is 0 Å². The predicted molar refractivity (Wildman–Crippen MR) is 112 cm³/mol. The Kier molecular flexibility index (Phi) is 7.90. The van der Waals surface area contributed by atoms with E-state index in [0.717, 1.165) is 24.2 Å². The fraction of sp³-hybridized carbons (Fsp3) is 0.458. The minimum atomic E-state index is -0.447. The first-order valence-electron chi connectivity index (χ1n) is 10.0. The Balaban J connectivity index is 1.79. The molecule has 1 amide bonds. The Bertz CT molecular complexity index is 735. The topological polar surface area (TPSA) is 38.3 Å². The summed E-state index contributed by atoms with van der Waals surface area (Å²) in [5.74, 6) is 1.31. The van der Waals surface area contributed by atoms with Crippen LogP contribution in [-0.2, 0) is 11.2 Å². The Morgan fingerprint density at radius 1 is 1.07 bits per heavy atom. The molecule has 27 heavy (non-hydrogen) atoms. The maximum Gasteiger partial charge on any atom is 0.261 e. The zero-order valence-electron chi connectivity index (χ0n) is 17.3. The van der Waals surface area contributed by atoms with Gasteiger partial charge in [-0.25, -0.2) is 0 Å². The number of ether oxygens (including phenoxy) is 1. The smallest absolute Gasteiger partial charge is 0.261 e. The van der Waals surface area contributed by atoms with Crippen LogP contribution in [0, 0.1) is 13.8 Å². The van der Waals surface area contributed by atoms with Gasteiger partial charge in [0.15, 0.2) is 6.10 Å². The van der Waals surface area contributed by atoms with E-state index in [1.807, 2.05) is 26.0 Å². The molecule has 3 nitrogen and oxygen atoms in total. The molecule has 0 saturated carbocycles. The van der Waals surface area contributed by atoms with E-state index < -0.39 is 6.10 Å². The number of rotatable bonds is 9. The molecule has 0 fully saturated rings. The molecule has 1 N–H and O–H groups in total. The number of nitrogens with one attached hydrogen (secondary N) is 1. The third-order valence-electron chi connectivity index (χ3n) is 4.85. The van der Waals surface area contributed by atoms with Crippen LogP contribution in [0.5, 0.6) is 5.75 Å². The van der Waals surface area contributed by atoms with E-state index in [9.17, 15) is 4.79 Å². The molecule has 0 aliphatic rings. The number of aryl methyl sites for hydroxylation is 3. The van der Waals surface area contributed by atoms with E-state index in [1.165, 1.54) is 16.7 Å². The standard InChI is InChI=1S/C24H33NO2/c1-6-22(27-23-14-9-18(4)16-19(23)5)24(26)25-15-7-8-20-10-12-21(13-11-20)17(2)3/h9-14,16-17,22H,6-8,15H2,1-5H3,(H,25,26)/t22-/m0/s1. The lowest BCUT2D eigenvalue weighted by atomic mass is 10.0. The normalized spacial score (nSPS) is 12.1. The number of benzene rings is 2. The van der Waals surface area contributed by atoms with Gasteiger partial charge in [0.1, 0.15) is 5.75 Å². The summed E-state index contributed by atoms with van der Waals surface area (Å²) in [5.41, 5.74) is 4.93. The highest BCUT2D eigenvalue weighted by molar-refractivity contribution is 5.81. The molecule has 146 valence electrons. The first kappa shape index (κ1) is 21.0. The molecule has 0 spiro atoms. The van der Waals surface area contributed by atoms with Crippen molar-refractivity contribution in [3.63, 3.8) is 0 Å². The van der Waals surface area contributed by atoms with Crippen LogP contribution < -0.4 is 10.1 Å². The summed E-state index contributed by atoms with van der Waals surface area (Å²) in [6.07, 6.45) is 2.09. The van der Waals surface area contributed by atoms with E-state index in [-0.39, 0.29) is 5.91 Å². The SMILES string of the molecule is CC[C@H](Oc1ccc(C)cc1C)C(=O)NCCCc1ccc(C(C)C)cc1. The molecule has 2 aromatic rings. The van der Waals surface area contributed by atoms with Crippen molar-refractivity contribution in [2.24, 2.45) is 0 Å². The van der Waals surface area contributed by atoms with Gasteiger partial charge in [0.2, 0.25) is 0 Å². The van der Waals surface area contributed by atoms with Crippen LogP contribution in [0.3, 0.4) is 0 Å². The van der Waals surface area contributed by atoms with E-state index in [2.05, 4.69) is 56.4 Å². The number of hydrogen-bond donors (Lipinski definition) is 1. The van der Waals surface area contributed by atoms with Crippen LogP contribution in [0.1, 0.15) is 61.8 Å². The Morgan fingerprint density at radius 3 is 2.37 bits per heavy atom. The Labute approximate surface area is 164 Å². The van der Waals surface area contributed by atoms with Gasteiger partial charge in [0, 0.05) is 6.54 Å². The molecule has 0 bridgehead atoms. The van der Waals surface area contributed by atoms with Gasteiger partial charge in [-0.15, -0.1) is 0 Å². The lowest BCUT2D eigenvalue weighted by molar-refractivity contribution is -0.128. The summed E-state index contributed by atoms with van der Waals surface area (Å²) in [6, 6.07) is 14.8. The zero-order chi connectivity index (χ0) is 19.8. The second-order valence-corrected chi connectivity index (χ2v) is 7.57. The quantitative estimate of drug-likeness (QED) is 0.608. The number of carbonyl (C=O) groups excluding carboxylic acids is 1. The van der Waals surface area contributed by atoms with Gasteiger partial charge in [-0.1, -0.05) is 62.7 Å². The summed E-state index contributed by atoms with van der Waals surface area (Å²) in [4.78, 5) is 12.5. The number of carbonyl (C=O) groups is 1. The third-order valence-corrected chi connectivity index (χ3v) is 4.85. The fourth-order valence-electron chi connectivity index (χ4n) is 3.09. The summed E-state index contributed by atoms with van der Waals surface area (Å²) < 4.78 is 5.95. The molecular weight excluding hydrogens is 334 g/mol. The van der Waals surface area contributed by atoms with Gasteiger partial charge in [-0.3, -0.25) is 4.79 Å². The molecule has 3 heteroatoms. The lowest BCUT2D eigenvalue weighted by Crippen LogP contribution is -2.38. The molecule has 0 heterocycles. The fourth-order valence-corrected chi connectivity index (χ4v) is 3.09. The van der Waals surface area contributed by atoms with Crippen LogP contribution in [0.15, 0.2) is 42.5 Å². The van der Waals surface area contributed by atoms with Crippen molar-refractivity contribution in [3.05, 3.63) is 64.7 Å². The molecule has 0 aliphatic heterocycles. The van der Waals surface area contributed by atoms with Gasteiger partial charge >= 0.3 is 0 Å². The van der Waals surface area contributed by atoms with Crippen molar-refractivity contribution < 1.29 is 9.53 Å². The van der Waals surface area contributed by atoms with Crippen molar-refractivity contribution in [3.8, 4) is 5.75 Å². The maximum absolute atomic E-state index is 12.5. The van der Waals surface area contributed by atoms with Crippen LogP contribution in [0.2, 0.25) is 0 Å². The number of hydrogen-bond acceptors (Lipinski definition) is 2. The monoisotopic (exact) mass is 367 g/mol. The van der Waals surface area contributed by atoms with Gasteiger partial charge in [0.05, 0.1) is 0 Å². The van der Waals surface area contributed by atoms with E-state index in [1.54, 1.807) is 0 Å². The molecule has 2 aromatic carbocycles. The molecule has 1 atom stereocenters. The molecule has 0 aromatic heterocycles. The zero-order valence-corrected chi connectivity index (χ0v) is 17.3. The van der Waals surface area contributed by atoms with E-state index >= 15 is 0 Å². The largest absolute Gasteiger partial charge is 0.480 e. The van der Waals surface area contributed by atoms with Crippen LogP contribution in [-0.4, -0.2) is 18.6 Å². The van der Waals surface area contributed by atoms with Gasteiger partial charge < -0.3 is 10.1 Å². The minimum Gasteiger partial charge on any atom is -0.480 e. The van der Waals surface area contributed by atoms with E-state index in [0.29, 0.717) is 18.9 Å². The molecule has 0 radical (unpaired) electrons. The van der Waals surface area contributed by atoms with Crippen molar-refractivity contribution in [1.29, 1.82) is 0 Å². The van der Waals surface area contributed by atoms with Gasteiger partial charge in [-0.2, -0.15) is 0 Å². The molecule has 0 saturated heterocycles. The minimum absolute atomic E-state index is 0.0346.